The number of amides is 1. The second-order valence-corrected chi connectivity index (χ2v) is 7.12. The van der Waals surface area contributed by atoms with Crippen molar-refractivity contribution in [1.82, 2.24) is 9.88 Å². The molecular weight excluding hydrogens is 308 g/mol. The molecule has 0 aliphatic carbocycles. The number of aromatic nitrogens is 1. The molecule has 1 unspecified atom stereocenters. The summed E-state index contributed by atoms with van der Waals surface area (Å²) in [7, 11) is 0. The lowest BCUT2D eigenvalue weighted by molar-refractivity contribution is 0.0520. The van der Waals surface area contributed by atoms with Gasteiger partial charge in [0, 0.05) is 13.1 Å². The average molecular weight is 330 g/mol. The van der Waals surface area contributed by atoms with E-state index in [4.69, 9.17) is 0 Å². The third kappa shape index (κ3) is 3.46. The lowest BCUT2D eigenvalue weighted by Gasteiger charge is -2.33. The van der Waals surface area contributed by atoms with Crippen molar-refractivity contribution in [3.05, 3.63) is 40.9 Å². The van der Waals surface area contributed by atoms with Crippen molar-refractivity contribution in [2.75, 3.05) is 13.1 Å². The van der Waals surface area contributed by atoms with Gasteiger partial charge in [-0.1, -0.05) is 6.07 Å². The van der Waals surface area contributed by atoms with Crippen LogP contribution < -0.4 is 0 Å². The number of hydrogen-bond donors (Lipinski definition) is 1. The minimum absolute atomic E-state index is 0.0526. The van der Waals surface area contributed by atoms with E-state index in [9.17, 15) is 9.90 Å². The van der Waals surface area contributed by atoms with E-state index >= 15 is 0 Å². The molecule has 0 aromatic carbocycles. The number of rotatable bonds is 3. The molecule has 2 aromatic heterocycles. The summed E-state index contributed by atoms with van der Waals surface area (Å²) < 4.78 is 0. The zero-order valence-electron chi connectivity index (χ0n) is 13.5. The number of aliphatic hydroxyl groups excluding tert-OH is 1. The number of aliphatic hydroxyl groups is 1. The van der Waals surface area contributed by atoms with Crippen molar-refractivity contribution in [1.29, 1.82) is 0 Å². The van der Waals surface area contributed by atoms with E-state index in [2.05, 4.69) is 4.98 Å². The molecule has 1 atom stereocenters. The maximum absolute atomic E-state index is 12.7. The van der Waals surface area contributed by atoms with E-state index in [1.807, 2.05) is 48.4 Å². The first-order valence-electron chi connectivity index (χ1n) is 8.05. The van der Waals surface area contributed by atoms with Gasteiger partial charge in [-0.05, 0) is 56.2 Å². The van der Waals surface area contributed by atoms with Gasteiger partial charge in [-0.3, -0.25) is 9.78 Å². The Balaban J connectivity index is 1.73. The van der Waals surface area contributed by atoms with Crippen LogP contribution in [0, 0.1) is 12.8 Å². The SMILES string of the molecule is Cc1nc(-c2cccs2)ccc1C(=O)N1CCC(C(C)O)CC1. The van der Waals surface area contributed by atoms with Gasteiger partial charge >= 0.3 is 0 Å². The summed E-state index contributed by atoms with van der Waals surface area (Å²) >= 11 is 1.65. The number of hydrogen-bond acceptors (Lipinski definition) is 4. The van der Waals surface area contributed by atoms with Gasteiger partial charge < -0.3 is 10.0 Å². The topological polar surface area (TPSA) is 53.4 Å². The summed E-state index contributed by atoms with van der Waals surface area (Å²) in [4.78, 5) is 20.3. The fourth-order valence-electron chi connectivity index (χ4n) is 3.10. The van der Waals surface area contributed by atoms with Gasteiger partial charge in [0.2, 0.25) is 0 Å². The quantitative estimate of drug-likeness (QED) is 0.939. The van der Waals surface area contributed by atoms with Crippen LogP contribution in [-0.4, -0.2) is 40.1 Å². The van der Waals surface area contributed by atoms with Crippen LogP contribution in [-0.2, 0) is 0 Å². The van der Waals surface area contributed by atoms with Crippen LogP contribution >= 0.6 is 11.3 Å². The van der Waals surface area contributed by atoms with Gasteiger partial charge in [-0.15, -0.1) is 11.3 Å². The highest BCUT2D eigenvalue weighted by molar-refractivity contribution is 7.13. The first-order chi connectivity index (χ1) is 11.1. The normalized spacial score (nSPS) is 17.3. The monoisotopic (exact) mass is 330 g/mol. The summed E-state index contributed by atoms with van der Waals surface area (Å²) in [5, 5.41) is 11.7. The molecule has 1 aliphatic heterocycles. The summed E-state index contributed by atoms with van der Waals surface area (Å²) in [5.74, 6) is 0.358. The summed E-state index contributed by atoms with van der Waals surface area (Å²) in [6, 6.07) is 7.85. The molecule has 2 aromatic rings. The lowest BCUT2D eigenvalue weighted by atomic mass is 9.92. The molecule has 3 heterocycles. The molecule has 122 valence electrons. The van der Waals surface area contributed by atoms with E-state index in [1.54, 1.807) is 11.3 Å². The Morgan fingerprint density at radius 2 is 2.09 bits per heavy atom. The fourth-order valence-corrected chi connectivity index (χ4v) is 3.80. The molecule has 0 radical (unpaired) electrons. The first-order valence-corrected chi connectivity index (χ1v) is 8.93. The molecule has 0 spiro atoms. The molecule has 1 aliphatic rings. The van der Waals surface area contributed by atoms with Crippen molar-refractivity contribution >= 4 is 17.2 Å². The molecule has 1 amide bonds. The van der Waals surface area contributed by atoms with Crippen molar-refractivity contribution in [2.24, 2.45) is 5.92 Å². The Hall–Kier alpha value is -1.72. The molecule has 5 heteroatoms. The zero-order chi connectivity index (χ0) is 16.4. The highest BCUT2D eigenvalue weighted by atomic mass is 32.1. The van der Waals surface area contributed by atoms with Crippen LogP contribution in [0.1, 0.15) is 35.8 Å². The van der Waals surface area contributed by atoms with Crippen LogP contribution in [0.2, 0.25) is 0 Å². The van der Waals surface area contributed by atoms with Crippen LogP contribution in [0.5, 0.6) is 0 Å². The van der Waals surface area contributed by atoms with Gasteiger partial charge in [0.1, 0.15) is 0 Å². The molecule has 4 nitrogen and oxygen atoms in total. The maximum atomic E-state index is 12.7. The second kappa shape index (κ2) is 6.81. The van der Waals surface area contributed by atoms with Gasteiger partial charge in [0.15, 0.2) is 0 Å². The predicted octanol–water partition coefficient (Wildman–Crippen LogP) is 3.35. The predicted molar refractivity (Wildman–Crippen MR) is 92.6 cm³/mol. The number of nitrogens with zero attached hydrogens (tertiary/aromatic N) is 2. The highest BCUT2D eigenvalue weighted by Crippen LogP contribution is 2.26. The second-order valence-electron chi connectivity index (χ2n) is 6.18. The standard InChI is InChI=1S/C18H22N2O2S/c1-12-15(5-6-16(19-12)17-4-3-11-23-17)18(22)20-9-7-14(8-10-20)13(2)21/h3-6,11,13-14,21H,7-10H2,1-2H3. The molecule has 23 heavy (non-hydrogen) atoms. The highest BCUT2D eigenvalue weighted by Gasteiger charge is 2.27. The van der Waals surface area contributed by atoms with E-state index in [0.717, 1.165) is 29.1 Å². The van der Waals surface area contributed by atoms with Gasteiger partial charge in [-0.25, -0.2) is 0 Å². The minimum atomic E-state index is -0.291. The number of piperidine rings is 1. The number of likely N-dealkylation sites (tertiary alicyclic amines) is 1. The smallest absolute Gasteiger partial charge is 0.255 e. The largest absolute Gasteiger partial charge is 0.393 e. The molecule has 1 saturated heterocycles. The Labute approximate surface area is 140 Å². The van der Waals surface area contributed by atoms with Crippen molar-refractivity contribution in [3.63, 3.8) is 0 Å². The molecule has 1 N–H and O–H groups in total. The van der Waals surface area contributed by atoms with Gasteiger partial charge in [-0.2, -0.15) is 0 Å². The number of pyridine rings is 1. The minimum Gasteiger partial charge on any atom is -0.393 e. The molecule has 0 bridgehead atoms. The number of carbonyl (C=O) groups is 1. The number of carbonyl (C=O) groups excluding carboxylic acids is 1. The van der Waals surface area contributed by atoms with Crippen molar-refractivity contribution in [2.45, 2.75) is 32.8 Å². The van der Waals surface area contributed by atoms with Crippen molar-refractivity contribution in [3.8, 4) is 10.6 Å². The third-order valence-corrected chi connectivity index (χ3v) is 5.49. The Morgan fingerprint density at radius 1 is 1.35 bits per heavy atom. The zero-order valence-corrected chi connectivity index (χ0v) is 14.3. The summed E-state index contributed by atoms with van der Waals surface area (Å²) in [6.07, 6.45) is 1.44. The maximum Gasteiger partial charge on any atom is 0.255 e. The Bertz CT molecular complexity index is 674. The fraction of sp³-hybridized carbons (Fsp3) is 0.444. The average Bonchev–Trinajstić information content (AvgIpc) is 3.08. The number of thiophene rings is 1. The van der Waals surface area contributed by atoms with Crippen LogP contribution in [0.4, 0.5) is 0 Å². The summed E-state index contributed by atoms with van der Waals surface area (Å²) in [6.45, 7) is 5.15. The van der Waals surface area contributed by atoms with Gasteiger partial charge in [0.05, 0.1) is 27.9 Å². The molecule has 3 rings (SSSR count). The molecule has 1 fully saturated rings. The molecular formula is C18H22N2O2S. The van der Waals surface area contributed by atoms with Crippen LogP contribution in [0.3, 0.4) is 0 Å². The van der Waals surface area contributed by atoms with E-state index < -0.39 is 0 Å². The summed E-state index contributed by atoms with van der Waals surface area (Å²) in [5.41, 5.74) is 2.38. The lowest BCUT2D eigenvalue weighted by Crippen LogP contribution is -2.41. The van der Waals surface area contributed by atoms with E-state index in [-0.39, 0.29) is 12.0 Å². The van der Waals surface area contributed by atoms with E-state index in [0.29, 0.717) is 24.6 Å². The van der Waals surface area contributed by atoms with Gasteiger partial charge in [0.25, 0.3) is 5.91 Å². The molecule has 0 saturated carbocycles. The third-order valence-electron chi connectivity index (χ3n) is 4.60. The van der Waals surface area contributed by atoms with Crippen LogP contribution in [0.15, 0.2) is 29.6 Å². The Morgan fingerprint density at radius 3 is 2.65 bits per heavy atom. The first kappa shape index (κ1) is 16.1. The van der Waals surface area contributed by atoms with E-state index in [1.165, 1.54) is 0 Å². The van der Waals surface area contributed by atoms with Crippen LogP contribution in [0.25, 0.3) is 10.6 Å². The van der Waals surface area contributed by atoms with Crippen molar-refractivity contribution < 1.29 is 9.90 Å². The number of aryl methyl sites for hydroxylation is 1. The Kier molecular flexibility index (Phi) is 4.78.